The molecule has 0 aromatic rings. The zero-order valence-corrected chi connectivity index (χ0v) is 10.9. The topological polar surface area (TPSA) is 66.6 Å². The third kappa shape index (κ3) is 5.79. The van der Waals surface area contributed by atoms with Crippen LogP contribution in [0.4, 0.5) is 0 Å². The van der Waals surface area contributed by atoms with Crippen LogP contribution in [-0.4, -0.2) is 76.0 Å². The standard InChI is InChI=1S/C10H23N3O2S/c1-16(14,15)10-9-13-7-5-12(6-8-13)4-2-3-11/h2-11H2,1H3. The van der Waals surface area contributed by atoms with Crippen LogP contribution >= 0.6 is 0 Å². The fourth-order valence-corrected chi connectivity index (χ4v) is 2.44. The van der Waals surface area contributed by atoms with Gasteiger partial charge in [0.2, 0.25) is 0 Å². The Balaban J connectivity index is 2.17. The van der Waals surface area contributed by atoms with Gasteiger partial charge < -0.3 is 10.6 Å². The van der Waals surface area contributed by atoms with E-state index in [-0.39, 0.29) is 5.75 Å². The normalized spacial score (nSPS) is 20.1. The zero-order chi connectivity index (χ0) is 12.0. The van der Waals surface area contributed by atoms with E-state index in [9.17, 15) is 8.42 Å². The van der Waals surface area contributed by atoms with Gasteiger partial charge in [0.1, 0.15) is 9.84 Å². The van der Waals surface area contributed by atoms with Gasteiger partial charge in [-0.3, -0.25) is 4.90 Å². The van der Waals surface area contributed by atoms with E-state index in [1.54, 1.807) is 0 Å². The van der Waals surface area contributed by atoms with Crippen LogP contribution in [-0.2, 0) is 9.84 Å². The monoisotopic (exact) mass is 249 g/mol. The smallest absolute Gasteiger partial charge is 0.148 e. The Bertz CT molecular complexity index is 284. The van der Waals surface area contributed by atoms with Crippen LogP contribution in [0.5, 0.6) is 0 Å². The minimum Gasteiger partial charge on any atom is -0.330 e. The van der Waals surface area contributed by atoms with Crippen molar-refractivity contribution in [1.82, 2.24) is 9.80 Å². The lowest BCUT2D eigenvalue weighted by molar-refractivity contribution is 0.137. The van der Waals surface area contributed by atoms with Gasteiger partial charge in [0, 0.05) is 39.0 Å². The van der Waals surface area contributed by atoms with Crippen molar-refractivity contribution >= 4 is 9.84 Å². The molecule has 0 atom stereocenters. The molecule has 6 heteroatoms. The summed E-state index contributed by atoms with van der Waals surface area (Å²) in [7, 11) is -2.82. The first-order valence-corrected chi connectivity index (χ1v) is 7.90. The van der Waals surface area contributed by atoms with Crippen molar-refractivity contribution in [3.8, 4) is 0 Å². The van der Waals surface area contributed by atoms with Crippen molar-refractivity contribution in [3.05, 3.63) is 0 Å². The molecule has 0 amide bonds. The second-order valence-corrected chi connectivity index (χ2v) is 6.72. The molecule has 1 rings (SSSR count). The second kappa shape index (κ2) is 6.54. The number of sulfone groups is 1. The Kier molecular flexibility index (Phi) is 5.68. The summed E-state index contributed by atoms with van der Waals surface area (Å²) < 4.78 is 22.1. The van der Waals surface area contributed by atoms with E-state index in [2.05, 4.69) is 9.80 Å². The molecule has 1 saturated heterocycles. The minimum atomic E-state index is -2.82. The average molecular weight is 249 g/mol. The van der Waals surface area contributed by atoms with Crippen LogP contribution in [0, 0.1) is 0 Å². The molecular weight excluding hydrogens is 226 g/mol. The maximum Gasteiger partial charge on any atom is 0.148 e. The highest BCUT2D eigenvalue weighted by atomic mass is 32.2. The summed E-state index contributed by atoms with van der Waals surface area (Å²) in [5.74, 6) is 0.274. The molecule has 0 bridgehead atoms. The molecule has 1 heterocycles. The summed E-state index contributed by atoms with van der Waals surface area (Å²) in [4.78, 5) is 4.61. The third-order valence-electron chi connectivity index (χ3n) is 2.92. The molecule has 0 unspecified atom stereocenters. The molecule has 16 heavy (non-hydrogen) atoms. The summed E-state index contributed by atoms with van der Waals surface area (Å²) in [6.07, 6.45) is 2.34. The molecule has 1 aliphatic rings. The molecule has 0 aromatic carbocycles. The molecule has 5 nitrogen and oxygen atoms in total. The number of rotatable bonds is 6. The van der Waals surface area contributed by atoms with Gasteiger partial charge in [0.25, 0.3) is 0 Å². The van der Waals surface area contributed by atoms with E-state index >= 15 is 0 Å². The summed E-state index contributed by atoms with van der Waals surface area (Å²) in [6, 6.07) is 0. The van der Waals surface area contributed by atoms with Crippen LogP contribution in [0.3, 0.4) is 0 Å². The van der Waals surface area contributed by atoms with Crippen LogP contribution in [0.2, 0.25) is 0 Å². The highest BCUT2D eigenvalue weighted by molar-refractivity contribution is 7.90. The Morgan fingerprint density at radius 1 is 1.06 bits per heavy atom. The fraction of sp³-hybridized carbons (Fsp3) is 1.00. The van der Waals surface area contributed by atoms with E-state index in [4.69, 9.17) is 5.73 Å². The van der Waals surface area contributed by atoms with Crippen molar-refractivity contribution in [2.45, 2.75) is 6.42 Å². The largest absolute Gasteiger partial charge is 0.330 e. The second-order valence-electron chi connectivity index (χ2n) is 4.46. The van der Waals surface area contributed by atoms with Crippen molar-refractivity contribution in [2.75, 3.05) is 57.8 Å². The first kappa shape index (κ1) is 13.9. The maximum atomic E-state index is 11.0. The Labute approximate surface area is 98.5 Å². The van der Waals surface area contributed by atoms with Crippen LogP contribution in [0.25, 0.3) is 0 Å². The van der Waals surface area contributed by atoms with Crippen LogP contribution in [0.15, 0.2) is 0 Å². The Morgan fingerprint density at radius 3 is 2.00 bits per heavy atom. The quantitative estimate of drug-likeness (QED) is 0.654. The Hall–Kier alpha value is -0.170. The van der Waals surface area contributed by atoms with E-state index < -0.39 is 9.84 Å². The van der Waals surface area contributed by atoms with E-state index in [1.165, 1.54) is 6.26 Å². The van der Waals surface area contributed by atoms with E-state index in [0.717, 1.165) is 45.7 Å². The third-order valence-corrected chi connectivity index (χ3v) is 3.85. The highest BCUT2D eigenvalue weighted by Crippen LogP contribution is 2.02. The number of nitrogens with zero attached hydrogens (tertiary/aromatic N) is 2. The summed E-state index contributed by atoms with van der Waals surface area (Å²) >= 11 is 0. The predicted octanol–water partition coefficient (Wildman–Crippen LogP) is -1.00. The van der Waals surface area contributed by atoms with Gasteiger partial charge in [-0.1, -0.05) is 0 Å². The lowest BCUT2D eigenvalue weighted by Crippen LogP contribution is -2.47. The number of nitrogens with two attached hydrogens (primary N) is 1. The van der Waals surface area contributed by atoms with Crippen LogP contribution < -0.4 is 5.73 Å². The maximum absolute atomic E-state index is 11.0. The molecule has 2 N–H and O–H groups in total. The van der Waals surface area contributed by atoms with Gasteiger partial charge in [0.15, 0.2) is 0 Å². The predicted molar refractivity (Wildman–Crippen MR) is 66.3 cm³/mol. The molecule has 0 aromatic heterocycles. The molecular formula is C10H23N3O2S. The molecule has 1 aliphatic heterocycles. The molecule has 0 radical (unpaired) electrons. The van der Waals surface area contributed by atoms with Gasteiger partial charge in [-0.05, 0) is 19.5 Å². The lowest BCUT2D eigenvalue weighted by Gasteiger charge is -2.34. The summed E-state index contributed by atoms with van der Waals surface area (Å²) in [5.41, 5.74) is 5.46. The summed E-state index contributed by atoms with van der Waals surface area (Å²) in [5, 5.41) is 0. The van der Waals surface area contributed by atoms with Crippen molar-refractivity contribution in [3.63, 3.8) is 0 Å². The average Bonchev–Trinajstić information content (AvgIpc) is 2.24. The zero-order valence-electron chi connectivity index (χ0n) is 10.1. The van der Waals surface area contributed by atoms with Gasteiger partial charge in [0.05, 0.1) is 5.75 Å². The molecule has 0 spiro atoms. The van der Waals surface area contributed by atoms with E-state index in [0.29, 0.717) is 6.54 Å². The van der Waals surface area contributed by atoms with Crippen LogP contribution in [0.1, 0.15) is 6.42 Å². The molecule has 96 valence electrons. The van der Waals surface area contributed by atoms with Gasteiger partial charge in [-0.15, -0.1) is 0 Å². The van der Waals surface area contributed by atoms with Crippen molar-refractivity contribution in [1.29, 1.82) is 0 Å². The lowest BCUT2D eigenvalue weighted by atomic mass is 10.3. The van der Waals surface area contributed by atoms with Crippen molar-refractivity contribution < 1.29 is 8.42 Å². The number of hydrogen-bond acceptors (Lipinski definition) is 5. The van der Waals surface area contributed by atoms with Crippen molar-refractivity contribution in [2.24, 2.45) is 5.73 Å². The Morgan fingerprint density at radius 2 is 1.56 bits per heavy atom. The van der Waals surface area contributed by atoms with Gasteiger partial charge in [-0.2, -0.15) is 0 Å². The number of piperazine rings is 1. The highest BCUT2D eigenvalue weighted by Gasteiger charge is 2.17. The van der Waals surface area contributed by atoms with E-state index in [1.807, 2.05) is 0 Å². The molecule has 0 saturated carbocycles. The molecule has 1 fully saturated rings. The summed E-state index contributed by atoms with van der Waals surface area (Å²) in [6.45, 7) is 6.49. The minimum absolute atomic E-state index is 0.274. The first-order valence-electron chi connectivity index (χ1n) is 5.84. The molecule has 0 aliphatic carbocycles. The SMILES string of the molecule is CS(=O)(=O)CCN1CCN(CCCN)CC1. The first-order chi connectivity index (χ1) is 7.51. The fourth-order valence-electron chi connectivity index (χ4n) is 1.85. The van der Waals surface area contributed by atoms with Gasteiger partial charge >= 0.3 is 0 Å². The van der Waals surface area contributed by atoms with Gasteiger partial charge in [-0.25, -0.2) is 8.42 Å². The number of hydrogen-bond donors (Lipinski definition) is 1.